The zero-order valence-corrected chi connectivity index (χ0v) is 16.7. The average molecular weight is 391 g/mol. The number of carbonyl (C=O) groups excluding carboxylic acids is 1. The average Bonchev–Trinajstić information content (AvgIpc) is 3.29. The maximum absolute atomic E-state index is 12.8. The number of rotatable bonds is 5. The first-order chi connectivity index (χ1) is 14.1. The van der Waals surface area contributed by atoms with Crippen LogP contribution in [0.3, 0.4) is 0 Å². The molecule has 4 rings (SSSR count). The Hall–Kier alpha value is -3.42. The van der Waals surface area contributed by atoms with Crippen LogP contribution in [0.1, 0.15) is 12.8 Å². The number of aromatic nitrogens is 4. The molecule has 8 nitrogen and oxygen atoms in total. The molecule has 1 aromatic carbocycles. The monoisotopic (exact) mass is 391 g/mol. The van der Waals surface area contributed by atoms with Gasteiger partial charge in [0.15, 0.2) is 11.6 Å². The minimum atomic E-state index is -0.0765. The molecule has 0 spiro atoms. The highest BCUT2D eigenvalue weighted by atomic mass is 16.1. The van der Waals surface area contributed by atoms with Crippen molar-refractivity contribution >= 4 is 23.1 Å². The van der Waals surface area contributed by atoms with Crippen molar-refractivity contribution in [2.45, 2.75) is 12.8 Å². The van der Waals surface area contributed by atoms with E-state index in [1.807, 2.05) is 66.2 Å². The van der Waals surface area contributed by atoms with E-state index in [2.05, 4.69) is 25.4 Å². The van der Waals surface area contributed by atoms with Gasteiger partial charge in [-0.3, -0.25) is 9.36 Å². The van der Waals surface area contributed by atoms with E-state index in [-0.39, 0.29) is 11.8 Å². The van der Waals surface area contributed by atoms with Crippen LogP contribution in [0.15, 0.2) is 55.1 Å². The summed E-state index contributed by atoms with van der Waals surface area (Å²) < 4.78 is 1.81. The summed E-state index contributed by atoms with van der Waals surface area (Å²) in [5.74, 6) is 1.49. The Morgan fingerprint density at radius 2 is 1.86 bits per heavy atom. The molecule has 3 heterocycles. The third kappa shape index (κ3) is 4.37. The van der Waals surface area contributed by atoms with Crippen molar-refractivity contribution in [3.8, 4) is 5.82 Å². The van der Waals surface area contributed by atoms with Crippen LogP contribution >= 0.6 is 0 Å². The first-order valence-corrected chi connectivity index (χ1v) is 9.75. The van der Waals surface area contributed by atoms with E-state index in [9.17, 15) is 4.79 Å². The summed E-state index contributed by atoms with van der Waals surface area (Å²) >= 11 is 0. The van der Waals surface area contributed by atoms with Crippen LogP contribution in [-0.4, -0.2) is 52.8 Å². The fourth-order valence-electron chi connectivity index (χ4n) is 3.51. The van der Waals surface area contributed by atoms with Gasteiger partial charge in [-0.05, 0) is 49.2 Å². The Labute approximate surface area is 170 Å². The van der Waals surface area contributed by atoms with E-state index >= 15 is 0 Å². The van der Waals surface area contributed by atoms with Gasteiger partial charge in [-0.15, -0.1) is 10.2 Å². The van der Waals surface area contributed by atoms with Gasteiger partial charge in [0.1, 0.15) is 6.33 Å². The third-order valence-corrected chi connectivity index (χ3v) is 5.17. The van der Waals surface area contributed by atoms with Crippen LogP contribution in [0.4, 0.5) is 17.2 Å². The fourth-order valence-corrected chi connectivity index (χ4v) is 3.51. The SMILES string of the molecule is CN(C)c1ccc(NC(=O)C2CCCN(c3ccc(-n4ccnc4)nn3)C2)cc1. The fraction of sp³-hybridized carbons (Fsp3) is 0.333. The van der Waals surface area contributed by atoms with E-state index < -0.39 is 0 Å². The molecule has 29 heavy (non-hydrogen) atoms. The molecule has 1 aliphatic rings. The normalized spacial score (nSPS) is 16.5. The van der Waals surface area contributed by atoms with Gasteiger partial charge in [0.2, 0.25) is 5.91 Å². The molecule has 0 bridgehead atoms. The Morgan fingerprint density at radius 1 is 1.10 bits per heavy atom. The van der Waals surface area contributed by atoms with Gasteiger partial charge in [-0.2, -0.15) is 0 Å². The maximum atomic E-state index is 12.8. The number of piperidine rings is 1. The molecular weight excluding hydrogens is 366 g/mol. The highest BCUT2D eigenvalue weighted by Crippen LogP contribution is 2.23. The lowest BCUT2D eigenvalue weighted by Gasteiger charge is -2.32. The van der Waals surface area contributed by atoms with Crippen molar-refractivity contribution < 1.29 is 4.79 Å². The van der Waals surface area contributed by atoms with Crippen LogP contribution in [0.2, 0.25) is 0 Å². The lowest BCUT2D eigenvalue weighted by atomic mass is 9.97. The van der Waals surface area contributed by atoms with E-state index in [1.54, 1.807) is 12.5 Å². The number of amides is 1. The van der Waals surface area contributed by atoms with E-state index in [1.165, 1.54) is 0 Å². The molecule has 1 amide bonds. The molecule has 1 saturated heterocycles. The van der Waals surface area contributed by atoms with Gasteiger partial charge < -0.3 is 15.1 Å². The van der Waals surface area contributed by atoms with E-state index in [4.69, 9.17) is 0 Å². The van der Waals surface area contributed by atoms with Crippen molar-refractivity contribution in [2.24, 2.45) is 5.92 Å². The molecule has 1 atom stereocenters. The molecular formula is C21H25N7O. The molecule has 0 saturated carbocycles. The van der Waals surface area contributed by atoms with E-state index in [0.29, 0.717) is 6.54 Å². The maximum Gasteiger partial charge on any atom is 0.229 e. The molecule has 3 aromatic rings. The quantitative estimate of drug-likeness (QED) is 0.720. The van der Waals surface area contributed by atoms with Crippen LogP contribution in [-0.2, 0) is 4.79 Å². The standard InChI is InChI=1S/C21H25N7O/c1-26(2)18-7-5-17(6-8-18)23-21(29)16-4-3-12-27(14-16)19-9-10-20(25-24-19)28-13-11-22-15-28/h5-11,13,15-16H,3-4,12,14H2,1-2H3,(H,23,29). The second kappa shape index (κ2) is 8.30. The predicted octanol–water partition coefficient (Wildman–Crippen LogP) is 2.58. The number of carbonyl (C=O) groups is 1. The smallest absolute Gasteiger partial charge is 0.229 e. The van der Waals surface area contributed by atoms with Crippen molar-refractivity contribution in [2.75, 3.05) is 42.3 Å². The van der Waals surface area contributed by atoms with Gasteiger partial charge in [0.05, 0.1) is 5.92 Å². The van der Waals surface area contributed by atoms with Crippen molar-refractivity contribution in [3.63, 3.8) is 0 Å². The number of hydrogen-bond acceptors (Lipinski definition) is 6. The molecule has 0 radical (unpaired) electrons. The number of hydrogen-bond donors (Lipinski definition) is 1. The topological polar surface area (TPSA) is 79.2 Å². The summed E-state index contributed by atoms with van der Waals surface area (Å²) in [5, 5.41) is 11.7. The van der Waals surface area contributed by atoms with Crippen molar-refractivity contribution in [3.05, 3.63) is 55.1 Å². The minimum absolute atomic E-state index is 0.0512. The van der Waals surface area contributed by atoms with Gasteiger partial charge in [-0.1, -0.05) is 0 Å². The van der Waals surface area contributed by atoms with Gasteiger partial charge >= 0.3 is 0 Å². The minimum Gasteiger partial charge on any atom is -0.378 e. The van der Waals surface area contributed by atoms with Crippen LogP contribution < -0.4 is 15.1 Å². The first kappa shape index (κ1) is 18.9. The Bertz CT molecular complexity index is 936. The number of anilines is 3. The summed E-state index contributed by atoms with van der Waals surface area (Å²) in [6.45, 7) is 1.52. The van der Waals surface area contributed by atoms with E-state index in [0.717, 1.165) is 42.4 Å². The summed E-state index contributed by atoms with van der Waals surface area (Å²) in [7, 11) is 3.99. The molecule has 150 valence electrons. The Kier molecular flexibility index (Phi) is 5.41. The van der Waals surface area contributed by atoms with Gasteiger partial charge in [0, 0.05) is 51.0 Å². The third-order valence-electron chi connectivity index (χ3n) is 5.17. The predicted molar refractivity (Wildman–Crippen MR) is 113 cm³/mol. The molecule has 1 aliphatic heterocycles. The molecule has 8 heteroatoms. The summed E-state index contributed by atoms with van der Waals surface area (Å²) in [6, 6.07) is 11.7. The highest BCUT2D eigenvalue weighted by Gasteiger charge is 2.27. The zero-order chi connectivity index (χ0) is 20.2. The largest absolute Gasteiger partial charge is 0.378 e. The zero-order valence-electron chi connectivity index (χ0n) is 16.7. The van der Waals surface area contributed by atoms with Crippen LogP contribution in [0, 0.1) is 5.92 Å². The number of nitrogens with zero attached hydrogens (tertiary/aromatic N) is 6. The van der Waals surface area contributed by atoms with Crippen LogP contribution in [0.5, 0.6) is 0 Å². The Morgan fingerprint density at radius 3 is 2.52 bits per heavy atom. The first-order valence-electron chi connectivity index (χ1n) is 9.75. The molecule has 1 fully saturated rings. The second-order valence-electron chi connectivity index (χ2n) is 7.44. The molecule has 0 aliphatic carbocycles. The van der Waals surface area contributed by atoms with Crippen molar-refractivity contribution in [1.29, 1.82) is 0 Å². The second-order valence-corrected chi connectivity index (χ2v) is 7.44. The Balaban J connectivity index is 1.39. The van der Waals surface area contributed by atoms with Gasteiger partial charge in [0.25, 0.3) is 0 Å². The number of benzene rings is 1. The highest BCUT2D eigenvalue weighted by molar-refractivity contribution is 5.93. The number of imidazole rings is 1. The van der Waals surface area contributed by atoms with Gasteiger partial charge in [-0.25, -0.2) is 4.98 Å². The van der Waals surface area contributed by atoms with Crippen molar-refractivity contribution in [1.82, 2.24) is 19.7 Å². The van der Waals surface area contributed by atoms with Crippen LogP contribution in [0.25, 0.3) is 5.82 Å². The summed E-state index contributed by atoms with van der Waals surface area (Å²) in [6.07, 6.45) is 7.05. The number of nitrogens with one attached hydrogen (secondary N) is 1. The lowest BCUT2D eigenvalue weighted by molar-refractivity contribution is -0.120. The molecule has 1 unspecified atom stereocenters. The summed E-state index contributed by atoms with van der Waals surface area (Å²) in [4.78, 5) is 21.0. The lowest BCUT2D eigenvalue weighted by Crippen LogP contribution is -2.41. The summed E-state index contributed by atoms with van der Waals surface area (Å²) in [5.41, 5.74) is 1.92. The molecule has 1 N–H and O–H groups in total. The molecule has 2 aromatic heterocycles.